The number of rotatable bonds is 1. The molecule has 0 amide bonds. The van der Waals surface area contributed by atoms with Gasteiger partial charge in [0.25, 0.3) is 0 Å². The van der Waals surface area contributed by atoms with Crippen molar-refractivity contribution in [2.45, 2.75) is 33.6 Å². The van der Waals surface area contributed by atoms with Crippen molar-refractivity contribution < 1.29 is 8.78 Å². The van der Waals surface area contributed by atoms with Crippen molar-refractivity contribution >= 4 is 5.69 Å². The second-order valence-corrected chi connectivity index (χ2v) is 3.02. The minimum absolute atomic E-state index is 0.0212. The molecule has 0 spiro atoms. The first-order chi connectivity index (χ1) is 6.54. The van der Waals surface area contributed by atoms with E-state index in [-0.39, 0.29) is 11.6 Å². The third-order valence-corrected chi connectivity index (χ3v) is 1.78. The molecule has 1 rings (SSSR count). The first-order valence-corrected chi connectivity index (χ1v) is 4.77. The Balaban J connectivity index is 0.000000791. The second-order valence-electron chi connectivity index (χ2n) is 3.02. The van der Waals surface area contributed by atoms with E-state index in [1.165, 1.54) is 12.1 Å². The lowest BCUT2D eigenvalue weighted by Gasteiger charge is -2.08. The van der Waals surface area contributed by atoms with Gasteiger partial charge in [0.2, 0.25) is 0 Å². The van der Waals surface area contributed by atoms with Crippen LogP contribution in [0.3, 0.4) is 0 Å². The van der Waals surface area contributed by atoms with Gasteiger partial charge in [0.15, 0.2) is 5.82 Å². The maximum absolute atomic E-state index is 13.1. The molecule has 0 aliphatic heterocycles. The zero-order chi connectivity index (χ0) is 11.3. The van der Waals surface area contributed by atoms with Crippen LogP contribution in [0.2, 0.25) is 0 Å². The second kappa shape index (κ2) is 5.58. The Kier molecular flexibility index (Phi) is 5.13. The van der Waals surface area contributed by atoms with E-state index in [0.29, 0.717) is 5.56 Å². The molecule has 0 radical (unpaired) electrons. The number of benzene rings is 1. The molecule has 2 N–H and O–H groups in total. The van der Waals surface area contributed by atoms with Crippen molar-refractivity contribution in [2.75, 3.05) is 5.73 Å². The molecule has 1 nitrogen and oxygen atoms in total. The number of anilines is 1. The van der Waals surface area contributed by atoms with Crippen molar-refractivity contribution in [1.82, 2.24) is 0 Å². The van der Waals surface area contributed by atoms with Gasteiger partial charge in [0.1, 0.15) is 11.5 Å². The van der Waals surface area contributed by atoms with Gasteiger partial charge < -0.3 is 5.73 Å². The van der Waals surface area contributed by atoms with Crippen LogP contribution in [0.1, 0.15) is 39.2 Å². The highest BCUT2D eigenvalue weighted by molar-refractivity contribution is 5.45. The van der Waals surface area contributed by atoms with Crippen molar-refractivity contribution in [3.05, 3.63) is 29.3 Å². The smallest absolute Gasteiger partial charge is 0.152 e. The Labute approximate surface area is 83.9 Å². The molecule has 14 heavy (non-hydrogen) atoms. The topological polar surface area (TPSA) is 26.0 Å². The van der Waals surface area contributed by atoms with Crippen LogP contribution in [-0.2, 0) is 0 Å². The molecule has 1 aromatic carbocycles. The summed E-state index contributed by atoms with van der Waals surface area (Å²) in [6.45, 7) is 7.66. The number of hydrogen-bond acceptors (Lipinski definition) is 1. The van der Waals surface area contributed by atoms with E-state index >= 15 is 0 Å². The lowest BCUT2D eigenvalue weighted by molar-refractivity contribution is 0.573. The zero-order valence-electron chi connectivity index (χ0n) is 9.07. The summed E-state index contributed by atoms with van der Waals surface area (Å²) in [4.78, 5) is 0. The van der Waals surface area contributed by atoms with E-state index in [2.05, 4.69) is 0 Å². The van der Waals surface area contributed by atoms with E-state index in [4.69, 9.17) is 5.73 Å². The van der Waals surface area contributed by atoms with Gasteiger partial charge in [-0.25, -0.2) is 8.78 Å². The first kappa shape index (κ1) is 12.9. The molecule has 0 fully saturated rings. The fraction of sp³-hybridized carbons (Fsp3) is 0.455. The van der Waals surface area contributed by atoms with E-state index in [9.17, 15) is 8.78 Å². The lowest BCUT2D eigenvalue weighted by atomic mass is 10.0. The maximum Gasteiger partial charge on any atom is 0.152 e. The minimum Gasteiger partial charge on any atom is -0.394 e. The third kappa shape index (κ3) is 2.69. The lowest BCUT2D eigenvalue weighted by Crippen LogP contribution is -2.01. The van der Waals surface area contributed by atoms with Crippen LogP contribution in [0, 0.1) is 11.6 Å². The predicted molar refractivity (Wildman–Crippen MR) is 56.2 cm³/mol. The summed E-state index contributed by atoms with van der Waals surface area (Å²) in [5.41, 5.74) is 5.24. The molecule has 0 aliphatic rings. The van der Waals surface area contributed by atoms with E-state index in [0.717, 1.165) is 0 Å². The summed E-state index contributed by atoms with van der Waals surface area (Å²) in [6.07, 6.45) is 0. The summed E-state index contributed by atoms with van der Waals surface area (Å²) in [5.74, 6) is -1.31. The van der Waals surface area contributed by atoms with Gasteiger partial charge in [-0.1, -0.05) is 33.8 Å². The minimum atomic E-state index is -0.697. The van der Waals surface area contributed by atoms with Crippen molar-refractivity contribution in [1.29, 1.82) is 0 Å². The van der Waals surface area contributed by atoms with E-state index in [1.54, 1.807) is 0 Å². The third-order valence-electron chi connectivity index (χ3n) is 1.78. The average Bonchev–Trinajstić information content (AvgIpc) is 2.17. The molecular weight excluding hydrogens is 184 g/mol. The van der Waals surface area contributed by atoms with Crippen LogP contribution in [0.25, 0.3) is 0 Å². The summed E-state index contributed by atoms with van der Waals surface area (Å²) < 4.78 is 25.8. The molecule has 1 aromatic rings. The van der Waals surface area contributed by atoms with Gasteiger partial charge in [-0.2, -0.15) is 0 Å². The first-order valence-electron chi connectivity index (χ1n) is 4.77. The van der Waals surface area contributed by atoms with Gasteiger partial charge in [-0.3, -0.25) is 0 Å². The van der Waals surface area contributed by atoms with Gasteiger partial charge >= 0.3 is 0 Å². The highest BCUT2D eigenvalue weighted by Gasteiger charge is 2.12. The van der Waals surface area contributed by atoms with Gasteiger partial charge in [-0.05, 0) is 17.5 Å². The summed E-state index contributed by atoms with van der Waals surface area (Å²) in [5, 5.41) is 0. The molecule has 0 bridgehead atoms. The van der Waals surface area contributed by atoms with Crippen molar-refractivity contribution in [3.63, 3.8) is 0 Å². The molecule has 0 aromatic heterocycles. The maximum atomic E-state index is 13.1. The number of halogens is 2. The Morgan fingerprint density at radius 3 is 2.07 bits per heavy atom. The highest BCUT2D eigenvalue weighted by atomic mass is 19.1. The molecule has 80 valence electrons. The SMILES string of the molecule is CC.CC(C)c1ccc(F)c(N)c1F. The average molecular weight is 201 g/mol. The molecule has 0 aliphatic carbocycles. The largest absolute Gasteiger partial charge is 0.394 e. The predicted octanol–water partition coefficient (Wildman–Crippen LogP) is 3.70. The van der Waals surface area contributed by atoms with Crippen LogP contribution in [0.15, 0.2) is 12.1 Å². The van der Waals surface area contributed by atoms with Crippen LogP contribution in [0.4, 0.5) is 14.5 Å². The number of hydrogen-bond donors (Lipinski definition) is 1. The number of nitrogens with two attached hydrogens (primary N) is 1. The molecule has 0 saturated heterocycles. The Hall–Kier alpha value is -1.12. The molecule has 3 heteroatoms. The quantitative estimate of drug-likeness (QED) is 0.689. The Bertz CT molecular complexity index is 296. The monoisotopic (exact) mass is 201 g/mol. The van der Waals surface area contributed by atoms with Crippen molar-refractivity contribution in [2.24, 2.45) is 0 Å². The summed E-state index contributed by atoms with van der Waals surface area (Å²) >= 11 is 0. The van der Waals surface area contributed by atoms with E-state index in [1.807, 2.05) is 27.7 Å². The molecular formula is C11H17F2N. The Morgan fingerprint density at radius 2 is 1.64 bits per heavy atom. The number of nitrogen functional groups attached to an aromatic ring is 1. The van der Waals surface area contributed by atoms with Crippen LogP contribution in [-0.4, -0.2) is 0 Å². The van der Waals surface area contributed by atoms with E-state index < -0.39 is 11.6 Å². The molecule has 0 saturated carbocycles. The summed E-state index contributed by atoms with van der Waals surface area (Å²) in [6, 6.07) is 2.61. The van der Waals surface area contributed by atoms with Crippen LogP contribution >= 0.6 is 0 Å². The van der Waals surface area contributed by atoms with Gasteiger partial charge in [0, 0.05) is 0 Å². The molecule has 0 heterocycles. The fourth-order valence-electron chi connectivity index (χ4n) is 1.03. The van der Waals surface area contributed by atoms with Crippen molar-refractivity contribution in [3.8, 4) is 0 Å². The molecule has 0 unspecified atom stereocenters. The normalized spacial score (nSPS) is 9.64. The fourth-order valence-corrected chi connectivity index (χ4v) is 1.03. The van der Waals surface area contributed by atoms with Crippen LogP contribution < -0.4 is 5.73 Å². The zero-order valence-corrected chi connectivity index (χ0v) is 9.07. The highest BCUT2D eigenvalue weighted by Crippen LogP contribution is 2.24. The van der Waals surface area contributed by atoms with Gasteiger partial charge in [0.05, 0.1) is 0 Å². The summed E-state index contributed by atoms with van der Waals surface area (Å²) in [7, 11) is 0. The molecule has 0 atom stereocenters. The van der Waals surface area contributed by atoms with Crippen LogP contribution in [0.5, 0.6) is 0 Å². The van der Waals surface area contributed by atoms with Gasteiger partial charge in [-0.15, -0.1) is 0 Å². The standard InChI is InChI=1S/C9H11F2N.C2H6/c1-5(2)6-3-4-7(10)9(12)8(6)11;1-2/h3-5H,12H2,1-2H3;1-2H3. The Morgan fingerprint density at radius 1 is 1.14 bits per heavy atom.